The summed E-state index contributed by atoms with van der Waals surface area (Å²) in [6, 6.07) is 10.8. The van der Waals surface area contributed by atoms with Gasteiger partial charge in [0.15, 0.2) is 0 Å². The van der Waals surface area contributed by atoms with Gasteiger partial charge in [0.05, 0.1) is 10.4 Å². The van der Waals surface area contributed by atoms with Crippen molar-refractivity contribution in [3.05, 3.63) is 69.5 Å². The molecule has 2 aromatic rings. The number of benzene rings is 2. The lowest BCUT2D eigenvalue weighted by atomic mass is 10.00. The highest BCUT2D eigenvalue weighted by Gasteiger charge is 2.17. The molecule has 18 heavy (non-hydrogen) atoms. The van der Waals surface area contributed by atoms with E-state index in [1.165, 1.54) is 11.6 Å². The average Bonchev–Trinajstić information content (AvgIpc) is 2.35. The van der Waals surface area contributed by atoms with Crippen molar-refractivity contribution in [2.75, 3.05) is 0 Å². The van der Waals surface area contributed by atoms with Gasteiger partial charge in [-0.25, -0.2) is 4.39 Å². The van der Waals surface area contributed by atoms with Gasteiger partial charge in [-0.3, -0.25) is 0 Å². The molecule has 0 aromatic heterocycles. The van der Waals surface area contributed by atoms with Gasteiger partial charge in [-0.05, 0) is 36.6 Å². The molecule has 3 heteroatoms. The fourth-order valence-electron chi connectivity index (χ4n) is 1.82. The van der Waals surface area contributed by atoms with Gasteiger partial charge in [-0.2, -0.15) is 0 Å². The molecule has 0 aliphatic carbocycles. The van der Waals surface area contributed by atoms with Crippen molar-refractivity contribution in [3.63, 3.8) is 0 Å². The van der Waals surface area contributed by atoms with Gasteiger partial charge >= 0.3 is 0 Å². The fraction of sp³-hybridized carbons (Fsp3) is 0.200. The van der Waals surface area contributed by atoms with Crippen LogP contribution in [-0.2, 0) is 0 Å². The van der Waals surface area contributed by atoms with Crippen LogP contribution in [-0.4, -0.2) is 0 Å². The summed E-state index contributed by atoms with van der Waals surface area (Å²) in [5.74, 6) is -0.447. The van der Waals surface area contributed by atoms with Crippen LogP contribution in [0.25, 0.3) is 0 Å². The van der Waals surface area contributed by atoms with Crippen LogP contribution in [0.2, 0.25) is 5.02 Å². The molecule has 0 aliphatic heterocycles. The Morgan fingerprint density at radius 2 is 1.78 bits per heavy atom. The standard InChI is InChI=1S/C15H13Cl2F/c1-9-6-7-11(8-10(9)2)14(17)12-4-3-5-13(16)15(12)18/h3-8,14H,1-2H3. The van der Waals surface area contributed by atoms with Gasteiger partial charge in [-0.1, -0.05) is 41.9 Å². The maximum atomic E-state index is 13.9. The lowest BCUT2D eigenvalue weighted by molar-refractivity contribution is 0.613. The van der Waals surface area contributed by atoms with Crippen LogP contribution in [0.5, 0.6) is 0 Å². The van der Waals surface area contributed by atoms with E-state index in [4.69, 9.17) is 23.2 Å². The second-order valence-electron chi connectivity index (χ2n) is 4.35. The molecule has 0 radical (unpaired) electrons. The zero-order valence-corrected chi connectivity index (χ0v) is 11.7. The summed E-state index contributed by atoms with van der Waals surface area (Å²) in [4.78, 5) is 0. The smallest absolute Gasteiger partial charge is 0.146 e. The van der Waals surface area contributed by atoms with Gasteiger partial charge in [0.1, 0.15) is 5.82 Å². The van der Waals surface area contributed by atoms with E-state index in [0.717, 1.165) is 11.1 Å². The van der Waals surface area contributed by atoms with Crippen molar-refractivity contribution >= 4 is 23.2 Å². The zero-order valence-electron chi connectivity index (χ0n) is 10.2. The number of hydrogen-bond acceptors (Lipinski definition) is 0. The summed E-state index contributed by atoms with van der Waals surface area (Å²) in [7, 11) is 0. The molecule has 0 spiro atoms. The summed E-state index contributed by atoms with van der Waals surface area (Å²) in [6.45, 7) is 4.04. The SMILES string of the molecule is Cc1ccc(C(Cl)c2cccc(Cl)c2F)cc1C. The van der Waals surface area contributed by atoms with Crippen molar-refractivity contribution in [2.24, 2.45) is 0 Å². The Morgan fingerprint density at radius 1 is 1.06 bits per heavy atom. The molecule has 0 amide bonds. The third kappa shape index (κ3) is 2.52. The number of hydrogen-bond donors (Lipinski definition) is 0. The topological polar surface area (TPSA) is 0 Å². The number of rotatable bonds is 2. The molecule has 0 nitrogen and oxygen atoms in total. The summed E-state index contributed by atoms with van der Waals surface area (Å²) in [6.07, 6.45) is 0. The van der Waals surface area contributed by atoms with Gasteiger partial charge in [0, 0.05) is 5.56 Å². The van der Waals surface area contributed by atoms with E-state index in [1.807, 2.05) is 32.0 Å². The number of aryl methyl sites for hydroxylation is 2. The minimum Gasteiger partial charge on any atom is -0.205 e. The highest BCUT2D eigenvalue weighted by atomic mass is 35.5. The molecule has 0 N–H and O–H groups in total. The van der Waals surface area contributed by atoms with Crippen LogP contribution in [0.15, 0.2) is 36.4 Å². The monoisotopic (exact) mass is 282 g/mol. The Hall–Kier alpha value is -1.05. The molecule has 0 fully saturated rings. The van der Waals surface area contributed by atoms with Crippen molar-refractivity contribution in [1.29, 1.82) is 0 Å². The van der Waals surface area contributed by atoms with Crippen molar-refractivity contribution in [2.45, 2.75) is 19.2 Å². The molecule has 1 unspecified atom stereocenters. The Bertz CT molecular complexity index is 579. The second kappa shape index (κ2) is 5.29. The number of alkyl halides is 1. The highest BCUT2D eigenvalue weighted by molar-refractivity contribution is 6.31. The van der Waals surface area contributed by atoms with Crippen LogP contribution < -0.4 is 0 Å². The predicted molar refractivity (Wildman–Crippen MR) is 75.0 cm³/mol. The van der Waals surface area contributed by atoms with Crippen molar-refractivity contribution in [3.8, 4) is 0 Å². The van der Waals surface area contributed by atoms with Gasteiger partial charge < -0.3 is 0 Å². The molecule has 0 saturated carbocycles. The van der Waals surface area contributed by atoms with Crippen molar-refractivity contribution in [1.82, 2.24) is 0 Å². The zero-order chi connectivity index (χ0) is 13.3. The molecule has 1 atom stereocenters. The molecular weight excluding hydrogens is 270 g/mol. The molecule has 0 saturated heterocycles. The molecule has 94 valence electrons. The van der Waals surface area contributed by atoms with E-state index in [9.17, 15) is 4.39 Å². The molecule has 0 heterocycles. The van der Waals surface area contributed by atoms with E-state index in [-0.39, 0.29) is 5.02 Å². The fourth-order valence-corrected chi connectivity index (χ4v) is 2.30. The molecule has 0 bridgehead atoms. The Morgan fingerprint density at radius 3 is 2.44 bits per heavy atom. The maximum Gasteiger partial charge on any atom is 0.146 e. The van der Waals surface area contributed by atoms with E-state index >= 15 is 0 Å². The maximum absolute atomic E-state index is 13.9. The molecule has 0 aliphatic rings. The summed E-state index contributed by atoms with van der Waals surface area (Å²) in [5.41, 5.74) is 3.61. The van der Waals surface area contributed by atoms with Gasteiger partial charge in [0.2, 0.25) is 0 Å². The van der Waals surface area contributed by atoms with Gasteiger partial charge in [-0.15, -0.1) is 11.6 Å². The predicted octanol–water partition coefficient (Wildman–Crippen LogP) is 5.42. The van der Waals surface area contributed by atoms with Crippen LogP contribution in [0, 0.1) is 19.7 Å². The van der Waals surface area contributed by atoms with E-state index < -0.39 is 11.2 Å². The lowest BCUT2D eigenvalue weighted by Crippen LogP contribution is -1.98. The second-order valence-corrected chi connectivity index (χ2v) is 5.19. The quantitative estimate of drug-likeness (QED) is 0.645. The van der Waals surface area contributed by atoms with Crippen LogP contribution in [0.1, 0.15) is 27.6 Å². The lowest BCUT2D eigenvalue weighted by Gasteiger charge is -2.13. The first-order valence-corrected chi connectivity index (χ1v) is 6.47. The first kappa shape index (κ1) is 13.4. The molecule has 2 rings (SSSR count). The molecule has 2 aromatic carbocycles. The Balaban J connectivity index is 2.44. The van der Waals surface area contributed by atoms with Crippen molar-refractivity contribution < 1.29 is 4.39 Å². The highest BCUT2D eigenvalue weighted by Crippen LogP contribution is 2.33. The average molecular weight is 283 g/mol. The Kier molecular flexibility index (Phi) is 3.94. The Labute approximate surface area is 116 Å². The summed E-state index contributed by atoms with van der Waals surface area (Å²) in [5, 5.41) is -0.426. The van der Waals surface area contributed by atoms with Crippen LogP contribution in [0.4, 0.5) is 4.39 Å². The summed E-state index contributed by atoms with van der Waals surface area (Å²) >= 11 is 12.1. The van der Waals surface area contributed by atoms with E-state index in [1.54, 1.807) is 12.1 Å². The minimum absolute atomic E-state index is 0.0991. The van der Waals surface area contributed by atoms with Crippen LogP contribution >= 0.6 is 23.2 Å². The van der Waals surface area contributed by atoms with Crippen LogP contribution in [0.3, 0.4) is 0 Å². The van der Waals surface area contributed by atoms with E-state index in [0.29, 0.717) is 5.56 Å². The largest absolute Gasteiger partial charge is 0.205 e. The van der Waals surface area contributed by atoms with E-state index in [2.05, 4.69) is 0 Å². The third-order valence-corrected chi connectivity index (χ3v) is 3.86. The van der Waals surface area contributed by atoms with Gasteiger partial charge in [0.25, 0.3) is 0 Å². The number of halogens is 3. The minimum atomic E-state index is -0.525. The normalized spacial score (nSPS) is 12.5. The first-order valence-electron chi connectivity index (χ1n) is 5.66. The summed E-state index contributed by atoms with van der Waals surface area (Å²) < 4.78 is 13.9. The first-order chi connectivity index (χ1) is 8.50. The molecular formula is C15H13Cl2F. The third-order valence-electron chi connectivity index (χ3n) is 3.08.